The number of aliphatic imine (C=N–C) groups is 1. The molecule has 0 aliphatic carbocycles. The van der Waals surface area contributed by atoms with Gasteiger partial charge in [0.2, 0.25) is 5.91 Å². The molecule has 1 aliphatic rings. The third-order valence-corrected chi connectivity index (χ3v) is 4.97. The summed E-state index contributed by atoms with van der Waals surface area (Å²) in [6, 6.07) is 17.6. The number of amidine groups is 1. The second-order valence-electron chi connectivity index (χ2n) is 6.11. The molecule has 0 bridgehead atoms. The summed E-state index contributed by atoms with van der Waals surface area (Å²) in [5.74, 6) is 0.932. The van der Waals surface area contributed by atoms with Gasteiger partial charge in [-0.05, 0) is 36.6 Å². The topological polar surface area (TPSA) is 67.5 Å². The Morgan fingerprint density at radius 1 is 1.25 bits per heavy atom. The maximum absolute atomic E-state index is 12.2. The van der Waals surface area contributed by atoms with Crippen LogP contribution in [-0.4, -0.2) is 16.8 Å². The van der Waals surface area contributed by atoms with Gasteiger partial charge in [0, 0.05) is 11.4 Å². The average molecular weight is 339 g/mol. The van der Waals surface area contributed by atoms with Crippen molar-refractivity contribution in [2.24, 2.45) is 10.7 Å². The van der Waals surface area contributed by atoms with E-state index in [0.29, 0.717) is 11.6 Å². The van der Waals surface area contributed by atoms with Crippen molar-refractivity contribution < 1.29 is 4.79 Å². The van der Waals surface area contributed by atoms with Crippen molar-refractivity contribution >= 4 is 28.5 Å². The van der Waals surface area contributed by atoms with Crippen LogP contribution >= 0.6 is 11.8 Å². The van der Waals surface area contributed by atoms with Crippen LogP contribution in [0.3, 0.4) is 0 Å². The molecule has 1 amide bonds. The van der Waals surface area contributed by atoms with E-state index < -0.39 is 0 Å². The van der Waals surface area contributed by atoms with Gasteiger partial charge in [-0.1, -0.05) is 54.2 Å². The monoisotopic (exact) mass is 339 g/mol. The van der Waals surface area contributed by atoms with E-state index >= 15 is 0 Å². The number of amides is 1. The zero-order valence-corrected chi connectivity index (χ0v) is 14.5. The molecule has 4 nitrogen and oxygen atoms in total. The number of nitrogens with zero attached hydrogens (tertiary/aromatic N) is 1. The van der Waals surface area contributed by atoms with Crippen LogP contribution in [0.4, 0.5) is 5.69 Å². The van der Waals surface area contributed by atoms with Crippen molar-refractivity contribution in [3.05, 3.63) is 65.7 Å². The molecule has 2 aromatic rings. The van der Waals surface area contributed by atoms with Crippen LogP contribution in [0.15, 0.2) is 59.6 Å². The Kier molecular flexibility index (Phi) is 4.90. The highest BCUT2D eigenvalue weighted by Crippen LogP contribution is 2.35. The van der Waals surface area contributed by atoms with Crippen LogP contribution in [0.5, 0.6) is 0 Å². The van der Waals surface area contributed by atoms with E-state index in [1.807, 2.05) is 54.6 Å². The summed E-state index contributed by atoms with van der Waals surface area (Å²) in [7, 11) is 0. The lowest BCUT2D eigenvalue weighted by Gasteiger charge is -2.30. The molecule has 0 saturated heterocycles. The average Bonchev–Trinajstić information content (AvgIpc) is 2.56. The number of carbonyl (C=O) groups excluding carboxylic acids is 1. The summed E-state index contributed by atoms with van der Waals surface area (Å²) in [5, 5.41) is 3.60. The lowest BCUT2D eigenvalue weighted by atomic mass is 9.89. The Bertz CT molecular complexity index is 760. The lowest BCUT2D eigenvalue weighted by Crippen LogP contribution is -2.28. The molecule has 0 spiro atoms. The van der Waals surface area contributed by atoms with Crippen LogP contribution < -0.4 is 11.1 Å². The maximum atomic E-state index is 12.2. The fraction of sp³-hybridized carbons (Fsp3) is 0.263. The van der Waals surface area contributed by atoms with E-state index in [1.54, 1.807) is 11.8 Å². The quantitative estimate of drug-likeness (QED) is 0.895. The summed E-state index contributed by atoms with van der Waals surface area (Å²) in [4.78, 5) is 16.9. The van der Waals surface area contributed by atoms with Gasteiger partial charge in [0.25, 0.3) is 0 Å². The smallest absolute Gasteiger partial charge is 0.228 e. The largest absolute Gasteiger partial charge is 0.379 e. The number of nitrogens with one attached hydrogen (secondary N) is 1. The fourth-order valence-electron chi connectivity index (χ4n) is 2.81. The minimum Gasteiger partial charge on any atom is -0.379 e. The molecule has 24 heavy (non-hydrogen) atoms. The molecular formula is C19H21N3OS. The third kappa shape index (κ3) is 3.97. The molecule has 0 radical (unpaired) electrons. The number of hydrogen-bond acceptors (Lipinski definition) is 4. The fourth-order valence-corrected chi connectivity index (χ4v) is 3.79. The van der Waals surface area contributed by atoms with Gasteiger partial charge < -0.3 is 11.1 Å². The van der Waals surface area contributed by atoms with Crippen molar-refractivity contribution in [1.29, 1.82) is 0 Å². The number of rotatable bonds is 4. The number of benzene rings is 2. The second kappa shape index (κ2) is 7.09. The van der Waals surface area contributed by atoms with Crippen molar-refractivity contribution in [2.75, 3.05) is 11.1 Å². The van der Waals surface area contributed by atoms with Gasteiger partial charge in [0.1, 0.15) is 0 Å². The van der Waals surface area contributed by atoms with Crippen molar-refractivity contribution in [3.8, 4) is 0 Å². The highest BCUT2D eigenvalue weighted by atomic mass is 32.2. The van der Waals surface area contributed by atoms with E-state index in [1.165, 1.54) is 0 Å². The Labute approximate surface area is 146 Å². The van der Waals surface area contributed by atoms with Crippen molar-refractivity contribution in [1.82, 2.24) is 0 Å². The predicted octanol–water partition coefficient (Wildman–Crippen LogP) is 3.53. The van der Waals surface area contributed by atoms with Crippen molar-refractivity contribution in [3.63, 3.8) is 0 Å². The van der Waals surface area contributed by atoms with Crippen LogP contribution in [0.2, 0.25) is 0 Å². The van der Waals surface area contributed by atoms with Crippen molar-refractivity contribution in [2.45, 2.75) is 25.3 Å². The van der Waals surface area contributed by atoms with Gasteiger partial charge in [0.05, 0.1) is 12.0 Å². The van der Waals surface area contributed by atoms with E-state index in [-0.39, 0.29) is 11.4 Å². The normalized spacial score (nSPS) is 20.3. The molecule has 0 saturated carbocycles. The van der Waals surface area contributed by atoms with Gasteiger partial charge >= 0.3 is 0 Å². The molecule has 3 N–H and O–H groups in total. The SMILES string of the molecule is CC1(c2cccc(NC(=O)Cc3ccccc3)c2)CCSC(N)=N1. The molecule has 5 heteroatoms. The number of hydrogen-bond donors (Lipinski definition) is 2. The van der Waals surface area contributed by atoms with E-state index in [0.717, 1.165) is 29.0 Å². The van der Waals surface area contributed by atoms with Crippen LogP contribution in [0.1, 0.15) is 24.5 Å². The molecular weight excluding hydrogens is 318 g/mol. The number of anilines is 1. The maximum Gasteiger partial charge on any atom is 0.228 e. The minimum absolute atomic E-state index is 0.0225. The molecule has 1 unspecified atom stereocenters. The summed E-state index contributed by atoms with van der Waals surface area (Å²) in [6.45, 7) is 2.09. The zero-order valence-electron chi connectivity index (χ0n) is 13.7. The minimum atomic E-state index is -0.324. The molecule has 124 valence electrons. The van der Waals surface area contributed by atoms with E-state index in [2.05, 4.69) is 17.2 Å². The molecule has 1 atom stereocenters. The second-order valence-corrected chi connectivity index (χ2v) is 7.23. The van der Waals surface area contributed by atoms with Gasteiger partial charge in [-0.15, -0.1) is 0 Å². The third-order valence-electron chi connectivity index (χ3n) is 4.17. The number of carbonyl (C=O) groups is 1. The Balaban J connectivity index is 1.74. The first kappa shape index (κ1) is 16.6. The zero-order chi connectivity index (χ0) is 17.0. The molecule has 3 rings (SSSR count). The molecule has 0 aromatic heterocycles. The first-order valence-electron chi connectivity index (χ1n) is 7.98. The van der Waals surface area contributed by atoms with Crippen LogP contribution in [-0.2, 0) is 16.8 Å². The summed E-state index contributed by atoms with van der Waals surface area (Å²) in [6.07, 6.45) is 1.30. The number of thioether (sulfide) groups is 1. The van der Waals surface area contributed by atoms with Gasteiger partial charge in [-0.3, -0.25) is 9.79 Å². The Hall–Kier alpha value is -2.27. The molecule has 2 aromatic carbocycles. The summed E-state index contributed by atoms with van der Waals surface area (Å²) in [5.41, 5.74) is 8.44. The van der Waals surface area contributed by atoms with Crippen LogP contribution in [0, 0.1) is 0 Å². The van der Waals surface area contributed by atoms with E-state index in [4.69, 9.17) is 5.73 Å². The summed E-state index contributed by atoms with van der Waals surface area (Å²) < 4.78 is 0. The van der Waals surface area contributed by atoms with Gasteiger partial charge in [0.15, 0.2) is 5.17 Å². The first-order valence-corrected chi connectivity index (χ1v) is 8.96. The highest BCUT2D eigenvalue weighted by molar-refractivity contribution is 8.13. The highest BCUT2D eigenvalue weighted by Gasteiger charge is 2.29. The molecule has 1 heterocycles. The Morgan fingerprint density at radius 3 is 2.79 bits per heavy atom. The van der Waals surface area contributed by atoms with E-state index in [9.17, 15) is 4.79 Å². The molecule has 1 aliphatic heterocycles. The van der Waals surface area contributed by atoms with Gasteiger partial charge in [-0.25, -0.2) is 0 Å². The van der Waals surface area contributed by atoms with Crippen LogP contribution in [0.25, 0.3) is 0 Å². The standard InChI is InChI=1S/C19H21N3OS/c1-19(10-11-24-18(20)22-19)15-8-5-9-16(13-15)21-17(23)12-14-6-3-2-4-7-14/h2-9,13H,10-12H2,1H3,(H2,20,22)(H,21,23). The first-order chi connectivity index (χ1) is 11.5. The summed E-state index contributed by atoms with van der Waals surface area (Å²) >= 11 is 1.59. The molecule has 0 fully saturated rings. The predicted molar refractivity (Wildman–Crippen MR) is 101 cm³/mol. The lowest BCUT2D eigenvalue weighted by molar-refractivity contribution is -0.115. The number of nitrogens with two attached hydrogens (primary N) is 1. The van der Waals surface area contributed by atoms with Gasteiger partial charge in [-0.2, -0.15) is 0 Å². The Morgan fingerprint density at radius 2 is 2.04 bits per heavy atom.